The number of benzene rings is 1. The van der Waals surface area contributed by atoms with Gasteiger partial charge in [0.1, 0.15) is 5.54 Å². The Morgan fingerprint density at radius 2 is 2.14 bits per heavy atom. The molecule has 1 aliphatic rings. The van der Waals surface area contributed by atoms with Gasteiger partial charge < -0.3 is 10.1 Å². The molecule has 0 spiro atoms. The van der Waals surface area contributed by atoms with Crippen LogP contribution in [-0.2, 0) is 9.53 Å². The van der Waals surface area contributed by atoms with Crippen molar-refractivity contribution < 1.29 is 14.3 Å². The number of carbonyl (C=O) groups is 2. The first-order valence-corrected chi connectivity index (χ1v) is 7.46. The van der Waals surface area contributed by atoms with E-state index in [0.717, 1.165) is 12.8 Å². The zero-order valence-corrected chi connectivity index (χ0v) is 13.4. The van der Waals surface area contributed by atoms with Gasteiger partial charge in [-0.15, -0.1) is 0 Å². The van der Waals surface area contributed by atoms with E-state index in [0.29, 0.717) is 5.02 Å². The fraction of sp³-hybridized carbons (Fsp3) is 0.400. The van der Waals surface area contributed by atoms with Crippen molar-refractivity contribution in [3.63, 3.8) is 0 Å². The van der Waals surface area contributed by atoms with Crippen LogP contribution in [0.1, 0.15) is 30.1 Å². The van der Waals surface area contributed by atoms with E-state index in [1.807, 2.05) is 0 Å². The fourth-order valence-corrected chi connectivity index (χ4v) is 2.44. The molecular formula is C15H14Cl2N2O3. The number of nitrogens with one attached hydrogen (secondary N) is 1. The highest BCUT2D eigenvalue weighted by atomic mass is 35.5. The SMILES string of the molecule is C[C@](C#N)(NC(=O)COC(=O)c1cc(Cl)ccc1Cl)C1CC1. The number of rotatable bonds is 5. The number of hydrogen-bond acceptors (Lipinski definition) is 4. The van der Waals surface area contributed by atoms with Gasteiger partial charge in [0.2, 0.25) is 0 Å². The van der Waals surface area contributed by atoms with E-state index in [4.69, 9.17) is 33.2 Å². The van der Waals surface area contributed by atoms with Crippen LogP contribution < -0.4 is 5.32 Å². The molecule has 5 nitrogen and oxygen atoms in total. The molecule has 1 aromatic rings. The molecule has 0 heterocycles. The van der Waals surface area contributed by atoms with Crippen molar-refractivity contribution in [3.8, 4) is 6.07 Å². The van der Waals surface area contributed by atoms with Crippen LogP contribution in [-0.4, -0.2) is 24.0 Å². The lowest BCUT2D eigenvalue weighted by atomic mass is 9.98. The maximum absolute atomic E-state index is 11.9. The summed E-state index contributed by atoms with van der Waals surface area (Å²) >= 11 is 11.7. The normalized spacial score (nSPS) is 16.3. The van der Waals surface area contributed by atoms with E-state index in [2.05, 4.69) is 11.4 Å². The highest BCUT2D eigenvalue weighted by molar-refractivity contribution is 6.35. The minimum Gasteiger partial charge on any atom is -0.452 e. The van der Waals surface area contributed by atoms with Crippen LogP contribution in [0.15, 0.2) is 18.2 Å². The van der Waals surface area contributed by atoms with Gasteiger partial charge >= 0.3 is 5.97 Å². The quantitative estimate of drug-likeness (QED) is 0.835. The van der Waals surface area contributed by atoms with Gasteiger partial charge in [0.25, 0.3) is 5.91 Å². The van der Waals surface area contributed by atoms with Crippen molar-refractivity contribution in [2.45, 2.75) is 25.3 Å². The second-order valence-electron chi connectivity index (χ2n) is 5.34. The third kappa shape index (κ3) is 3.90. The smallest absolute Gasteiger partial charge is 0.340 e. The van der Waals surface area contributed by atoms with E-state index < -0.39 is 24.0 Å². The van der Waals surface area contributed by atoms with Crippen molar-refractivity contribution >= 4 is 35.1 Å². The number of nitriles is 1. The maximum Gasteiger partial charge on any atom is 0.340 e. The Bertz CT molecular complexity index is 653. The molecule has 1 aromatic carbocycles. The summed E-state index contributed by atoms with van der Waals surface area (Å²) < 4.78 is 4.91. The fourth-order valence-electron chi connectivity index (χ4n) is 2.07. The Morgan fingerprint density at radius 3 is 2.73 bits per heavy atom. The van der Waals surface area contributed by atoms with Crippen molar-refractivity contribution in [2.75, 3.05) is 6.61 Å². The summed E-state index contributed by atoms with van der Waals surface area (Å²) in [5, 5.41) is 12.3. The van der Waals surface area contributed by atoms with Crippen LogP contribution in [0.4, 0.5) is 0 Å². The lowest BCUT2D eigenvalue weighted by Crippen LogP contribution is -2.48. The van der Waals surface area contributed by atoms with Gasteiger partial charge in [0, 0.05) is 5.02 Å². The Balaban J connectivity index is 1.92. The molecule has 1 atom stereocenters. The number of halogens is 2. The van der Waals surface area contributed by atoms with Crippen molar-refractivity contribution in [2.24, 2.45) is 5.92 Å². The first kappa shape index (κ1) is 16.6. The van der Waals surface area contributed by atoms with Crippen LogP contribution in [0.25, 0.3) is 0 Å². The monoisotopic (exact) mass is 340 g/mol. The number of amides is 1. The summed E-state index contributed by atoms with van der Waals surface area (Å²) in [6, 6.07) is 6.48. The summed E-state index contributed by atoms with van der Waals surface area (Å²) in [5.41, 5.74) is -0.829. The van der Waals surface area contributed by atoms with Crippen molar-refractivity contribution in [1.29, 1.82) is 5.26 Å². The Hall–Kier alpha value is -1.77. The molecule has 0 radical (unpaired) electrons. The number of carbonyl (C=O) groups excluding carboxylic acids is 2. The summed E-state index contributed by atoms with van der Waals surface area (Å²) in [6.45, 7) is 1.18. The van der Waals surface area contributed by atoms with Crippen molar-refractivity contribution in [3.05, 3.63) is 33.8 Å². The number of ether oxygens (including phenoxy) is 1. The zero-order valence-electron chi connectivity index (χ0n) is 11.9. The average Bonchev–Trinajstić information content (AvgIpc) is 3.32. The lowest BCUT2D eigenvalue weighted by Gasteiger charge is -2.22. The van der Waals surface area contributed by atoms with Gasteiger partial charge in [-0.1, -0.05) is 23.2 Å². The highest BCUT2D eigenvalue weighted by Crippen LogP contribution is 2.39. The second-order valence-corrected chi connectivity index (χ2v) is 6.18. The summed E-state index contributed by atoms with van der Waals surface area (Å²) in [4.78, 5) is 23.7. The minimum atomic E-state index is -0.919. The molecule has 0 saturated heterocycles. The first-order chi connectivity index (χ1) is 10.4. The van der Waals surface area contributed by atoms with Gasteiger partial charge in [0.05, 0.1) is 16.7 Å². The van der Waals surface area contributed by atoms with Crippen LogP contribution in [0.3, 0.4) is 0 Å². The third-order valence-corrected chi connectivity index (χ3v) is 4.07. The summed E-state index contributed by atoms with van der Waals surface area (Å²) in [6.07, 6.45) is 1.81. The summed E-state index contributed by atoms with van der Waals surface area (Å²) in [7, 11) is 0. The minimum absolute atomic E-state index is 0.0900. The standard InChI is InChI=1S/C15H14Cl2N2O3/c1-15(8-18,9-2-3-9)19-13(20)7-22-14(21)11-6-10(16)4-5-12(11)17/h4-6,9H,2-3,7H2,1H3,(H,19,20)/t15-/m1/s1. The molecule has 0 aliphatic heterocycles. The highest BCUT2D eigenvalue weighted by Gasteiger charge is 2.43. The van der Waals surface area contributed by atoms with E-state index >= 15 is 0 Å². The molecular weight excluding hydrogens is 327 g/mol. The number of esters is 1. The van der Waals surface area contributed by atoms with E-state index in [1.165, 1.54) is 12.1 Å². The predicted molar refractivity (Wildman–Crippen MR) is 81.6 cm³/mol. The third-order valence-electron chi connectivity index (χ3n) is 3.51. The maximum atomic E-state index is 11.9. The van der Waals surface area contributed by atoms with E-state index in [1.54, 1.807) is 13.0 Å². The Labute approximate surface area is 138 Å². The first-order valence-electron chi connectivity index (χ1n) is 6.70. The van der Waals surface area contributed by atoms with Gasteiger partial charge in [-0.2, -0.15) is 5.26 Å². The molecule has 1 fully saturated rings. The topological polar surface area (TPSA) is 79.2 Å². The Kier molecular flexibility index (Phi) is 4.94. The zero-order chi connectivity index (χ0) is 16.3. The molecule has 1 aliphatic carbocycles. The predicted octanol–water partition coefficient (Wildman–Crippen LogP) is 2.96. The van der Waals surface area contributed by atoms with Crippen molar-refractivity contribution in [1.82, 2.24) is 5.32 Å². The molecule has 2 rings (SSSR count). The van der Waals surface area contributed by atoms with Gasteiger partial charge in [-0.3, -0.25) is 4.79 Å². The van der Waals surface area contributed by atoms with Crippen LogP contribution in [0.5, 0.6) is 0 Å². The number of hydrogen-bond donors (Lipinski definition) is 1. The molecule has 116 valence electrons. The van der Waals surface area contributed by atoms with Gasteiger partial charge in [-0.05, 0) is 43.9 Å². The average molecular weight is 341 g/mol. The van der Waals surface area contributed by atoms with Gasteiger partial charge in [0.15, 0.2) is 6.61 Å². The van der Waals surface area contributed by atoms with Crippen LogP contribution in [0, 0.1) is 17.2 Å². The van der Waals surface area contributed by atoms with E-state index in [9.17, 15) is 9.59 Å². The molecule has 1 amide bonds. The van der Waals surface area contributed by atoms with Crippen LogP contribution in [0.2, 0.25) is 10.0 Å². The summed E-state index contributed by atoms with van der Waals surface area (Å²) in [5.74, 6) is -1.12. The van der Waals surface area contributed by atoms with Crippen LogP contribution >= 0.6 is 23.2 Å². The molecule has 1 saturated carbocycles. The molecule has 0 unspecified atom stereocenters. The molecule has 1 N–H and O–H groups in total. The van der Waals surface area contributed by atoms with Gasteiger partial charge in [-0.25, -0.2) is 4.79 Å². The Morgan fingerprint density at radius 1 is 1.45 bits per heavy atom. The largest absolute Gasteiger partial charge is 0.452 e. The molecule has 0 aromatic heterocycles. The second kappa shape index (κ2) is 6.55. The lowest BCUT2D eigenvalue weighted by molar-refractivity contribution is -0.125. The number of nitrogens with zero attached hydrogens (tertiary/aromatic N) is 1. The van der Waals surface area contributed by atoms with E-state index in [-0.39, 0.29) is 16.5 Å². The molecule has 0 bridgehead atoms. The molecule has 22 heavy (non-hydrogen) atoms. The molecule has 7 heteroatoms.